The van der Waals surface area contributed by atoms with E-state index in [0.717, 1.165) is 40.9 Å². The lowest BCUT2D eigenvalue weighted by Crippen LogP contribution is -2.40. The number of aromatic nitrogens is 3. The molecule has 38 heavy (non-hydrogen) atoms. The molecular formula is C31H34N4O3. The van der Waals surface area contributed by atoms with Crippen LogP contribution >= 0.6 is 0 Å². The highest BCUT2D eigenvalue weighted by atomic mass is 16.5. The Morgan fingerprint density at radius 3 is 2.45 bits per heavy atom. The fourth-order valence-corrected chi connectivity index (χ4v) is 5.26. The van der Waals surface area contributed by atoms with E-state index in [9.17, 15) is 9.59 Å². The van der Waals surface area contributed by atoms with Gasteiger partial charge in [0.1, 0.15) is 11.5 Å². The molecule has 0 bridgehead atoms. The molecule has 1 amide bonds. The summed E-state index contributed by atoms with van der Waals surface area (Å²) >= 11 is 0. The Balaban J connectivity index is 1.45. The Morgan fingerprint density at radius 1 is 1.03 bits per heavy atom. The third-order valence-corrected chi connectivity index (χ3v) is 6.82. The molecule has 1 unspecified atom stereocenters. The molecule has 1 aliphatic rings. The minimum Gasteiger partial charge on any atom is -0.457 e. The number of amides is 1. The first-order valence-corrected chi connectivity index (χ1v) is 13.1. The average molecular weight is 511 g/mol. The molecule has 2 aromatic heterocycles. The molecule has 4 aromatic rings. The summed E-state index contributed by atoms with van der Waals surface area (Å²) < 4.78 is 9.38. The molecule has 1 aliphatic heterocycles. The Hall–Kier alpha value is -4.13. The summed E-state index contributed by atoms with van der Waals surface area (Å²) in [5.74, 6) is 1.49. The number of allylic oxidation sites excluding steroid dienone is 1. The van der Waals surface area contributed by atoms with Crippen molar-refractivity contribution in [2.75, 3.05) is 6.54 Å². The normalized spacial score (nSPS) is 16.3. The average Bonchev–Trinajstić information content (AvgIpc) is 3.46. The second-order valence-corrected chi connectivity index (χ2v) is 11.0. The second kappa shape index (κ2) is 10.3. The number of hydrogen-bond donors (Lipinski definition) is 0. The number of carbonyl (C=O) groups excluding carboxylic acids is 1. The van der Waals surface area contributed by atoms with Crippen LogP contribution in [0.15, 0.2) is 89.5 Å². The largest absolute Gasteiger partial charge is 0.457 e. The van der Waals surface area contributed by atoms with Gasteiger partial charge in [0.25, 0.3) is 0 Å². The van der Waals surface area contributed by atoms with Gasteiger partial charge in [0.15, 0.2) is 0 Å². The van der Waals surface area contributed by atoms with Crippen LogP contribution in [0.2, 0.25) is 0 Å². The minimum atomic E-state index is -0.147. The number of pyridine rings is 1. The van der Waals surface area contributed by atoms with Gasteiger partial charge in [0.05, 0.1) is 29.0 Å². The maximum Gasteiger partial charge on any atom is 0.333 e. The predicted octanol–water partition coefficient (Wildman–Crippen LogP) is 5.96. The van der Waals surface area contributed by atoms with Crippen molar-refractivity contribution in [3.05, 3.63) is 95.2 Å². The van der Waals surface area contributed by atoms with Gasteiger partial charge in [-0.2, -0.15) is 0 Å². The van der Waals surface area contributed by atoms with Gasteiger partial charge in [-0.1, -0.05) is 45.0 Å². The van der Waals surface area contributed by atoms with Gasteiger partial charge in [0, 0.05) is 24.9 Å². The van der Waals surface area contributed by atoms with Crippen LogP contribution in [0.5, 0.6) is 11.5 Å². The van der Waals surface area contributed by atoms with Gasteiger partial charge in [0.2, 0.25) is 5.91 Å². The zero-order valence-corrected chi connectivity index (χ0v) is 22.4. The van der Waals surface area contributed by atoms with Crippen molar-refractivity contribution in [1.29, 1.82) is 0 Å². The molecule has 0 spiro atoms. The van der Waals surface area contributed by atoms with Crippen LogP contribution in [0.1, 0.15) is 40.5 Å². The number of imidazole rings is 1. The monoisotopic (exact) mass is 510 g/mol. The summed E-state index contributed by atoms with van der Waals surface area (Å²) in [6.45, 7) is 9.31. The van der Waals surface area contributed by atoms with Gasteiger partial charge < -0.3 is 9.64 Å². The number of fused-ring (bicyclic) bond motifs is 1. The first kappa shape index (κ1) is 25.5. The molecule has 7 nitrogen and oxygen atoms in total. The summed E-state index contributed by atoms with van der Waals surface area (Å²) in [5, 5.41) is 0. The number of likely N-dealkylation sites (tertiary alicyclic amines) is 1. The van der Waals surface area contributed by atoms with Crippen molar-refractivity contribution >= 4 is 16.9 Å². The van der Waals surface area contributed by atoms with E-state index in [2.05, 4.69) is 25.8 Å². The summed E-state index contributed by atoms with van der Waals surface area (Å²) in [6, 6.07) is 18.9. The second-order valence-electron chi connectivity index (χ2n) is 11.0. The maximum atomic E-state index is 13.8. The molecular weight excluding hydrogens is 476 g/mol. The number of hydrogen-bond acceptors (Lipinski definition) is 4. The van der Waals surface area contributed by atoms with Crippen molar-refractivity contribution in [2.45, 2.75) is 53.1 Å². The molecule has 0 N–H and O–H groups in total. The summed E-state index contributed by atoms with van der Waals surface area (Å²) in [4.78, 5) is 33.3. The molecule has 3 heterocycles. The van der Waals surface area contributed by atoms with Crippen molar-refractivity contribution in [3.63, 3.8) is 0 Å². The molecule has 196 valence electrons. The number of nitrogens with zero attached hydrogens (tertiary/aromatic N) is 4. The third kappa shape index (κ3) is 5.28. The van der Waals surface area contributed by atoms with Crippen LogP contribution < -0.4 is 10.4 Å². The minimum absolute atomic E-state index is 0.0441. The summed E-state index contributed by atoms with van der Waals surface area (Å²) in [7, 11) is 0. The molecule has 0 radical (unpaired) electrons. The highest BCUT2D eigenvalue weighted by molar-refractivity contribution is 5.93. The van der Waals surface area contributed by atoms with Crippen molar-refractivity contribution in [3.8, 4) is 17.2 Å². The van der Waals surface area contributed by atoms with Crippen LogP contribution in [-0.4, -0.2) is 37.5 Å². The number of rotatable bonds is 6. The summed E-state index contributed by atoms with van der Waals surface area (Å²) in [6.07, 6.45) is 7.24. The van der Waals surface area contributed by atoms with E-state index in [1.54, 1.807) is 21.5 Å². The quantitative estimate of drug-likeness (QED) is 0.300. The number of ether oxygens (including phenoxy) is 1. The molecule has 2 aromatic carbocycles. The molecule has 0 aliphatic carbocycles. The topological polar surface area (TPSA) is 69.4 Å². The van der Waals surface area contributed by atoms with E-state index < -0.39 is 0 Å². The Bertz CT molecular complexity index is 1530. The first-order valence-electron chi connectivity index (χ1n) is 13.1. The Morgan fingerprint density at radius 2 is 1.74 bits per heavy atom. The fourth-order valence-electron chi connectivity index (χ4n) is 5.26. The fraction of sp³-hybridized carbons (Fsp3) is 0.323. The molecule has 1 fully saturated rings. The van der Waals surface area contributed by atoms with Gasteiger partial charge in [-0.05, 0) is 67.6 Å². The van der Waals surface area contributed by atoms with Crippen LogP contribution in [-0.2, 0) is 11.3 Å². The lowest BCUT2D eigenvalue weighted by Gasteiger charge is -2.26. The van der Waals surface area contributed by atoms with E-state index in [1.165, 1.54) is 0 Å². The number of benzene rings is 2. The smallest absolute Gasteiger partial charge is 0.333 e. The maximum absolute atomic E-state index is 13.8. The Kier molecular flexibility index (Phi) is 6.93. The van der Waals surface area contributed by atoms with E-state index in [0.29, 0.717) is 18.8 Å². The number of carbonyl (C=O) groups is 1. The van der Waals surface area contributed by atoms with Crippen molar-refractivity contribution < 1.29 is 9.53 Å². The van der Waals surface area contributed by atoms with E-state index in [1.807, 2.05) is 78.6 Å². The Labute approximate surface area is 223 Å². The van der Waals surface area contributed by atoms with Gasteiger partial charge in [-0.25, -0.2) is 4.79 Å². The lowest BCUT2D eigenvalue weighted by molar-refractivity contribution is -0.128. The van der Waals surface area contributed by atoms with E-state index >= 15 is 0 Å². The van der Waals surface area contributed by atoms with E-state index in [-0.39, 0.29) is 23.1 Å². The first-order chi connectivity index (χ1) is 18.2. The van der Waals surface area contributed by atoms with E-state index in [4.69, 9.17) is 4.74 Å². The molecule has 0 saturated carbocycles. The van der Waals surface area contributed by atoms with Gasteiger partial charge in [-0.15, -0.1) is 0 Å². The zero-order chi connectivity index (χ0) is 26.9. The van der Waals surface area contributed by atoms with Gasteiger partial charge >= 0.3 is 5.69 Å². The predicted molar refractivity (Wildman–Crippen MR) is 150 cm³/mol. The van der Waals surface area contributed by atoms with Crippen LogP contribution in [0.25, 0.3) is 16.7 Å². The highest BCUT2D eigenvalue weighted by Gasteiger charge is 2.31. The van der Waals surface area contributed by atoms with Crippen molar-refractivity contribution in [2.24, 2.45) is 5.41 Å². The molecule has 5 rings (SSSR count). The van der Waals surface area contributed by atoms with Crippen molar-refractivity contribution in [1.82, 2.24) is 19.0 Å². The SMILES string of the molecule is C/C(=C/C(C)(C)C)C(=O)N1CCCC1Cn1c(=O)n(-c2ccc(Oc3ccccc3)cc2)c2cnccc21. The molecule has 7 heteroatoms. The molecule has 1 saturated heterocycles. The van der Waals surface area contributed by atoms with Crippen LogP contribution in [0, 0.1) is 5.41 Å². The lowest BCUT2D eigenvalue weighted by atomic mass is 9.93. The zero-order valence-electron chi connectivity index (χ0n) is 22.4. The summed E-state index contributed by atoms with van der Waals surface area (Å²) in [5.41, 5.74) is 2.79. The van der Waals surface area contributed by atoms with Crippen LogP contribution in [0.4, 0.5) is 0 Å². The van der Waals surface area contributed by atoms with Gasteiger partial charge in [-0.3, -0.25) is 18.9 Å². The highest BCUT2D eigenvalue weighted by Crippen LogP contribution is 2.27. The molecule has 1 atom stereocenters. The standard InChI is InChI=1S/C31H34N4O3/c1-22(19-31(2,3)4)29(36)33-18-8-9-24(33)21-34-27-16-17-32-20-28(27)35(30(34)37)23-12-14-26(15-13-23)38-25-10-6-5-7-11-25/h5-7,10-17,19-20,24H,8-9,18,21H2,1-4H3/b22-19-. The third-order valence-electron chi connectivity index (χ3n) is 6.82. The van der Waals surface area contributed by atoms with Crippen LogP contribution in [0.3, 0.4) is 0 Å². The number of para-hydroxylation sites is 1.